The van der Waals surface area contributed by atoms with E-state index in [1.54, 1.807) is 6.92 Å². The van der Waals surface area contributed by atoms with Crippen LogP contribution in [0.3, 0.4) is 0 Å². The van der Waals surface area contributed by atoms with Gasteiger partial charge in [-0.2, -0.15) is 0 Å². The predicted octanol–water partition coefficient (Wildman–Crippen LogP) is 0.136. The number of aliphatic hydroxyl groups is 1. The highest BCUT2D eigenvalue weighted by Gasteiger charge is 2.50. The number of β-lactam (4-membered cyclic amide) rings is 1. The number of nitrogens with zero attached hydrogens (tertiary/aromatic N) is 1. The van der Waals surface area contributed by atoms with Crippen LogP contribution in [0.25, 0.3) is 0 Å². The average molecular weight is 227 g/mol. The lowest BCUT2D eigenvalue weighted by Crippen LogP contribution is -2.52. The topological polar surface area (TPSA) is 77.8 Å². The van der Waals surface area contributed by atoms with Gasteiger partial charge >= 0.3 is 5.97 Å². The Labute approximate surface area is 90.1 Å². The molecule has 2 aliphatic rings. The molecule has 0 radical (unpaired) electrons. The van der Waals surface area contributed by atoms with E-state index < -0.39 is 5.97 Å². The number of carboxylic acid groups (broad SMARTS) is 1. The molecular formula is C9H9NO4S. The summed E-state index contributed by atoms with van der Waals surface area (Å²) in [4.78, 5) is 23.6. The molecule has 0 aromatic carbocycles. The molecule has 0 spiro atoms. The van der Waals surface area contributed by atoms with E-state index >= 15 is 0 Å². The van der Waals surface area contributed by atoms with E-state index in [4.69, 9.17) is 10.2 Å². The molecule has 0 bridgehead atoms. The van der Waals surface area contributed by atoms with Gasteiger partial charge in [0.2, 0.25) is 0 Å². The van der Waals surface area contributed by atoms with E-state index in [0.29, 0.717) is 11.1 Å². The molecule has 0 aromatic rings. The maximum atomic E-state index is 11.6. The first-order chi connectivity index (χ1) is 7.07. The van der Waals surface area contributed by atoms with Gasteiger partial charge in [0.1, 0.15) is 11.1 Å². The Hall–Kier alpha value is -1.27. The summed E-state index contributed by atoms with van der Waals surface area (Å²) in [7, 11) is 0. The highest BCUT2D eigenvalue weighted by atomic mass is 32.2. The molecule has 1 amide bonds. The molecule has 15 heavy (non-hydrogen) atoms. The molecule has 1 saturated heterocycles. The molecule has 2 N–H and O–H groups in total. The molecule has 80 valence electrons. The number of thioether (sulfide) groups is 1. The Morgan fingerprint density at radius 3 is 2.87 bits per heavy atom. The molecule has 6 heteroatoms. The number of fused-ring (bicyclic) bond motifs is 1. The van der Waals surface area contributed by atoms with Gasteiger partial charge in [-0.1, -0.05) is 0 Å². The fourth-order valence-electron chi connectivity index (χ4n) is 1.59. The number of carbonyl (C=O) groups excluding carboxylic acids is 1. The van der Waals surface area contributed by atoms with Crippen molar-refractivity contribution < 1.29 is 19.8 Å². The zero-order chi connectivity index (χ0) is 11.2. The number of carboxylic acids is 1. The van der Waals surface area contributed by atoms with Crippen LogP contribution in [0.15, 0.2) is 22.3 Å². The Morgan fingerprint density at radius 1 is 1.67 bits per heavy atom. The van der Waals surface area contributed by atoms with Crippen molar-refractivity contribution in [3.63, 3.8) is 0 Å². The van der Waals surface area contributed by atoms with E-state index in [1.165, 1.54) is 22.1 Å². The summed E-state index contributed by atoms with van der Waals surface area (Å²) in [5.41, 5.74) is 1.15. The van der Waals surface area contributed by atoms with Gasteiger partial charge in [0.15, 0.2) is 0 Å². The summed E-state index contributed by atoms with van der Waals surface area (Å²) in [6, 6.07) is 0. The third kappa shape index (κ3) is 1.29. The van der Waals surface area contributed by atoms with Gasteiger partial charge in [0.05, 0.1) is 12.2 Å². The third-order valence-corrected chi connectivity index (χ3v) is 3.48. The van der Waals surface area contributed by atoms with Crippen molar-refractivity contribution in [3.8, 4) is 0 Å². The van der Waals surface area contributed by atoms with Gasteiger partial charge < -0.3 is 10.2 Å². The van der Waals surface area contributed by atoms with Crippen LogP contribution in [0.2, 0.25) is 0 Å². The number of hydrogen-bond donors (Lipinski definition) is 2. The van der Waals surface area contributed by atoms with Crippen LogP contribution >= 0.6 is 11.8 Å². The molecule has 1 atom stereocenters. The number of amides is 1. The molecule has 5 nitrogen and oxygen atoms in total. The Bertz CT molecular complexity index is 412. The zero-order valence-electron chi connectivity index (χ0n) is 7.93. The van der Waals surface area contributed by atoms with Gasteiger partial charge in [0, 0.05) is 5.41 Å². The molecule has 0 unspecified atom stereocenters. The van der Waals surface area contributed by atoms with Crippen LogP contribution in [0.5, 0.6) is 0 Å². The van der Waals surface area contributed by atoms with Crippen molar-refractivity contribution in [2.45, 2.75) is 12.3 Å². The minimum absolute atomic E-state index is 0.0180. The lowest BCUT2D eigenvalue weighted by Gasteiger charge is -2.38. The molecule has 0 saturated carbocycles. The van der Waals surface area contributed by atoms with Crippen molar-refractivity contribution in [3.05, 3.63) is 22.3 Å². The SMILES string of the molecule is CC(CO)=C1C(=O)N2C(C(=O)O)=CS[C@H]12. The van der Waals surface area contributed by atoms with Crippen molar-refractivity contribution in [1.29, 1.82) is 0 Å². The van der Waals surface area contributed by atoms with Crippen molar-refractivity contribution in [2.75, 3.05) is 6.61 Å². The van der Waals surface area contributed by atoms with E-state index in [-0.39, 0.29) is 23.6 Å². The lowest BCUT2D eigenvalue weighted by molar-refractivity contribution is -0.141. The summed E-state index contributed by atoms with van der Waals surface area (Å²) in [5, 5.41) is 18.9. The monoisotopic (exact) mass is 227 g/mol. The van der Waals surface area contributed by atoms with Crippen LogP contribution in [-0.2, 0) is 9.59 Å². The number of aliphatic hydroxyl groups excluding tert-OH is 1. The Kier molecular flexibility index (Phi) is 2.32. The number of carbonyl (C=O) groups is 2. The molecule has 2 rings (SSSR count). The Balaban J connectivity index is 2.28. The van der Waals surface area contributed by atoms with Crippen LogP contribution in [0, 0.1) is 0 Å². The Morgan fingerprint density at radius 2 is 2.33 bits per heavy atom. The van der Waals surface area contributed by atoms with Crippen molar-refractivity contribution in [2.24, 2.45) is 0 Å². The van der Waals surface area contributed by atoms with Crippen LogP contribution in [0.1, 0.15) is 6.92 Å². The summed E-state index contributed by atoms with van der Waals surface area (Å²) in [6.45, 7) is 1.50. The van der Waals surface area contributed by atoms with Gasteiger partial charge in [-0.25, -0.2) is 4.79 Å². The predicted molar refractivity (Wildman–Crippen MR) is 53.7 cm³/mol. The maximum Gasteiger partial charge on any atom is 0.353 e. The average Bonchev–Trinajstić information content (AvgIpc) is 2.57. The normalized spacial score (nSPS) is 27.1. The van der Waals surface area contributed by atoms with Gasteiger partial charge in [-0.15, -0.1) is 11.8 Å². The minimum atomic E-state index is -1.10. The first-order valence-corrected chi connectivity index (χ1v) is 5.25. The molecule has 1 fully saturated rings. The second-order valence-electron chi connectivity index (χ2n) is 3.32. The van der Waals surface area contributed by atoms with E-state index in [1.807, 2.05) is 0 Å². The smallest absolute Gasteiger partial charge is 0.353 e. The highest BCUT2D eigenvalue weighted by molar-refractivity contribution is 8.03. The van der Waals surface area contributed by atoms with E-state index in [0.717, 1.165) is 0 Å². The van der Waals surface area contributed by atoms with Crippen LogP contribution < -0.4 is 0 Å². The first-order valence-electron chi connectivity index (χ1n) is 4.31. The maximum absolute atomic E-state index is 11.6. The van der Waals surface area contributed by atoms with Crippen LogP contribution in [0.4, 0.5) is 0 Å². The third-order valence-electron chi connectivity index (χ3n) is 2.41. The standard InChI is InChI=1S/C9H9NO4S/c1-4(2-11)6-7(12)10-5(9(13)14)3-15-8(6)10/h3,8,11H,2H2,1H3,(H,13,14)/t8-/m1/s1. The van der Waals surface area contributed by atoms with Crippen molar-refractivity contribution >= 4 is 23.6 Å². The van der Waals surface area contributed by atoms with E-state index in [2.05, 4.69) is 0 Å². The summed E-state index contributed by atoms with van der Waals surface area (Å²) < 4.78 is 0. The fraction of sp³-hybridized carbons (Fsp3) is 0.333. The molecule has 2 aliphatic heterocycles. The quantitative estimate of drug-likeness (QED) is 0.518. The lowest BCUT2D eigenvalue weighted by atomic mass is 10.00. The molecule has 0 aliphatic carbocycles. The minimum Gasteiger partial charge on any atom is -0.477 e. The van der Waals surface area contributed by atoms with E-state index in [9.17, 15) is 9.59 Å². The van der Waals surface area contributed by atoms with Gasteiger partial charge in [0.25, 0.3) is 5.91 Å². The number of rotatable bonds is 2. The molecule has 0 aromatic heterocycles. The summed E-state index contributed by atoms with van der Waals surface area (Å²) in [6.07, 6.45) is 0. The van der Waals surface area contributed by atoms with Crippen molar-refractivity contribution in [1.82, 2.24) is 4.90 Å². The van der Waals surface area contributed by atoms with Gasteiger partial charge in [-0.3, -0.25) is 9.69 Å². The summed E-state index contributed by atoms with van der Waals surface area (Å²) >= 11 is 1.28. The number of aliphatic carboxylic acids is 1. The number of hydrogen-bond acceptors (Lipinski definition) is 4. The molecular weight excluding hydrogens is 218 g/mol. The fourth-order valence-corrected chi connectivity index (χ4v) is 2.83. The molecule has 2 heterocycles. The largest absolute Gasteiger partial charge is 0.477 e. The van der Waals surface area contributed by atoms with Gasteiger partial charge in [-0.05, 0) is 12.5 Å². The zero-order valence-corrected chi connectivity index (χ0v) is 8.74. The second kappa shape index (κ2) is 3.39. The second-order valence-corrected chi connectivity index (χ2v) is 4.28. The summed E-state index contributed by atoms with van der Waals surface area (Å²) in [5.74, 6) is -1.41. The highest BCUT2D eigenvalue weighted by Crippen LogP contribution is 2.45. The van der Waals surface area contributed by atoms with Crippen LogP contribution in [-0.4, -0.2) is 39.0 Å². The first kappa shape index (κ1) is 10.3.